The van der Waals surface area contributed by atoms with Crippen LogP contribution < -0.4 is 5.73 Å². The Bertz CT molecular complexity index is 229. The lowest BCUT2D eigenvalue weighted by molar-refractivity contribution is 0.548. The molecule has 2 N–H and O–H groups in total. The molecule has 1 rings (SSSR count). The third-order valence-electron chi connectivity index (χ3n) is 2.36. The minimum Gasteiger partial charge on any atom is -0.330 e. The van der Waals surface area contributed by atoms with Crippen molar-refractivity contribution in [3.05, 3.63) is 0 Å². The molecule has 0 aromatic rings. The molecule has 0 aromatic carbocycles. The molecule has 4 heteroatoms. The van der Waals surface area contributed by atoms with Crippen LogP contribution in [0.3, 0.4) is 0 Å². The van der Waals surface area contributed by atoms with Crippen LogP contribution in [0, 0.1) is 5.41 Å². The van der Waals surface area contributed by atoms with Gasteiger partial charge < -0.3 is 5.73 Å². The van der Waals surface area contributed by atoms with E-state index in [0.717, 1.165) is 12.8 Å². The first-order valence-corrected chi connectivity index (χ1v) is 5.76. The zero-order valence-corrected chi connectivity index (χ0v) is 7.65. The molecule has 1 aliphatic rings. The number of hydrogen-bond donors (Lipinski definition) is 1. The van der Waals surface area contributed by atoms with Crippen LogP contribution in [0.5, 0.6) is 0 Å². The summed E-state index contributed by atoms with van der Waals surface area (Å²) in [5.74, 6) is 0.543. The molecule has 0 amide bonds. The summed E-state index contributed by atoms with van der Waals surface area (Å²) in [6.45, 7) is 2.20. The van der Waals surface area contributed by atoms with Crippen LogP contribution in [0.1, 0.15) is 19.8 Å². The molecule has 0 radical (unpaired) electrons. The fourth-order valence-corrected chi connectivity index (χ4v) is 2.70. The van der Waals surface area contributed by atoms with E-state index in [1.165, 1.54) is 0 Å². The van der Waals surface area contributed by atoms with Gasteiger partial charge in [-0.05, 0) is 24.8 Å². The highest BCUT2D eigenvalue weighted by Gasteiger charge is 2.44. The molecule has 3 nitrogen and oxygen atoms in total. The average molecular weight is 177 g/mol. The maximum absolute atomic E-state index is 11.2. The standard InChI is InChI=1S/C7H15NO2S/c1-2-11(9,10)6-7(5-8)3-4-7/h2-6,8H2,1H3. The van der Waals surface area contributed by atoms with Gasteiger partial charge >= 0.3 is 0 Å². The number of nitrogens with two attached hydrogens (primary N) is 1. The van der Waals surface area contributed by atoms with Crippen molar-refractivity contribution in [2.24, 2.45) is 11.1 Å². The van der Waals surface area contributed by atoms with Crippen LogP contribution in [0.25, 0.3) is 0 Å². The van der Waals surface area contributed by atoms with Crippen molar-refractivity contribution in [1.29, 1.82) is 0 Å². The lowest BCUT2D eigenvalue weighted by Gasteiger charge is -2.10. The van der Waals surface area contributed by atoms with Crippen molar-refractivity contribution in [2.75, 3.05) is 18.1 Å². The van der Waals surface area contributed by atoms with Crippen molar-refractivity contribution in [2.45, 2.75) is 19.8 Å². The summed E-state index contributed by atoms with van der Waals surface area (Å²) in [6, 6.07) is 0. The second kappa shape index (κ2) is 2.75. The van der Waals surface area contributed by atoms with Gasteiger partial charge in [0.15, 0.2) is 9.84 Å². The van der Waals surface area contributed by atoms with Gasteiger partial charge in [-0.3, -0.25) is 0 Å². The van der Waals surface area contributed by atoms with E-state index >= 15 is 0 Å². The Morgan fingerprint density at radius 3 is 2.27 bits per heavy atom. The zero-order chi connectivity index (χ0) is 8.54. The maximum Gasteiger partial charge on any atom is 0.150 e. The van der Waals surface area contributed by atoms with Gasteiger partial charge in [-0.15, -0.1) is 0 Å². The van der Waals surface area contributed by atoms with Gasteiger partial charge in [-0.1, -0.05) is 6.92 Å². The van der Waals surface area contributed by atoms with Crippen molar-refractivity contribution in [3.63, 3.8) is 0 Å². The predicted octanol–water partition coefficient (Wildman–Crippen LogP) is 0.160. The van der Waals surface area contributed by atoms with Gasteiger partial charge in [0, 0.05) is 5.75 Å². The minimum atomic E-state index is -2.81. The lowest BCUT2D eigenvalue weighted by atomic mass is 10.1. The summed E-state index contributed by atoms with van der Waals surface area (Å²) in [5.41, 5.74) is 5.43. The Morgan fingerprint density at radius 2 is 2.00 bits per heavy atom. The first kappa shape index (κ1) is 9.00. The zero-order valence-electron chi connectivity index (χ0n) is 6.84. The molecule has 0 heterocycles. The monoisotopic (exact) mass is 177 g/mol. The van der Waals surface area contributed by atoms with Crippen LogP contribution in [0.4, 0.5) is 0 Å². The van der Waals surface area contributed by atoms with E-state index in [1.54, 1.807) is 6.92 Å². The summed E-state index contributed by atoms with van der Waals surface area (Å²) in [6.07, 6.45) is 1.98. The molecule has 66 valence electrons. The molecular weight excluding hydrogens is 162 g/mol. The summed E-state index contributed by atoms with van der Waals surface area (Å²) in [7, 11) is -2.81. The second-order valence-electron chi connectivity index (χ2n) is 3.38. The lowest BCUT2D eigenvalue weighted by Crippen LogP contribution is -2.25. The van der Waals surface area contributed by atoms with E-state index in [2.05, 4.69) is 0 Å². The van der Waals surface area contributed by atoms with E-state index < -0.39 is 9.84 Å². The number of rotatable bonds is 4. The molecule has 0 saturated heterocycles. The van der Waals surface area contributed by atoms with E-state index in [4.69, 9.17) is 5.73 Å². The fourth-order valence-electron chi connectivity index (χ4n) is 1.15. The highest BCUT2D eigenvalue weighted by Crippen LogP contribution is 2.45. The highest BCUT2D eigenvalue weighted by molar-refractivity contribution is 7.91. The molecule has 0 unspecified atom stereocenters. The summed E-state index contributed by atoms with van der Waals surface area (Å²) >= 11 is 0. The number of hydrogen-bond acceptors (Lipinski definition) is 3. The maximum atomic E-state index is 11.2. The third-order valence-corrected chi connectivity index (χ3v) is 4.29. The molecule has 0 aliphatic heterocycles. The van der Waals surface area contributed by atoms with Gasteiger partial charge in [-0.2, -0.15) is 0 Å². The Hall–Kier alpha value is -0.0900. The van der Waals surface area contributed by atoms with E-state index in [9.17, 15) is 8.42 Å². The van der Waals surface area contributed by atoms with Crippen molar-refractivity contribution in [1.82, 2.24) is 0 Å². The third kappa shape index (κ3) is 2.17. The van der Waals surface area contributed by atoms with E-state index in [-0.39, 0.29) is 11.2 Å². The SMILES string of the molecule is CCS(=O)(=O)CC1(CN)CC1. The Balaban J connectivity index is 2.55. The molecule has 0 bridgehead atoms. The van der Waals surface area contributed by atoms with Gasteiger partial charge in [0.1, 0.15) is 0 Å². The fraction of sp³-hybridized carbons (Fsp3) is 1.00. The predicted molar refractivity (Wildman–Crippen MR) is 45.0 cm³/mol. The van der Waals surface area contributed by atoms with Crippen molar-refractivity contribution in [3.8, 4) is 0 Å². The van der Waals surface area contributed by atoms with Crippen molar-refractivity contribution < 1.29 is 8.42 Å². The minimum absolute atomic E-state index is 0.0329. The van der Waals surface area contributed by atoms with Gasteiger partial charge in [-0.25, -0.2) is 8.42 Å². The Labute approximate surface area is 67.9 Å². The summed E-state index contributed by atoms with van der Waals surface area (Å²) in [4.78, 5) is 0. The van der Waals surface area contributed by atoms with E-state index in [1.807, 2.05) is 0 Å². The molecular formula is C7H15NO2S. The Kier molecular flexibility index (Phi) is 2.25. The average Bonchev–Trinajstić information content (AvgIpc) is 2.69. The van der Waals surface area contributed by atoms with Crippen LogP contribution >= 0.6 is 0 Å². The van der Waals surface area contributed by atoms with Gasteiger partial charge in [0.2, 0.25) is 0 Å². The first-order chi connectivity index (χ1) is 5.04. The van der Waals surface area contributed by atoms with E-state index in [0.29, 0.717) is 12.3 Å². The molecule has 11 heavy (non-hydrogen) atoms. The first-order valence-electron chi connectivity index (χ1n) is 3.94. The largest absolute Gasteiger partial charge is 0.330 e. The van der Waals surface area contributed by atoms with Crippen LogP contribution in [0.2, 0.25) is 0 Å². The second-order valence-corrected chi connectivity index (χ2v) is 5.73. The van der Waals surface area contributed by atoms with Crippen molar-refractivity contribution >= 4 is 9.84 Å². The topological polar surface area (TPSA) is 60.2 Å². The van der Waals surface area contributed by atoms with Crippen LogP contribution in [-0.2, 0) is 9.84 Å². The molecule has 1 aliphatic carbocycles. The normalized spacial score (nSPS) is 21.6. The molecule has 1 fully saturated rings. The Morgan fingerprint density at radius 1 is 1.45 bits per heavy atom. The number of sulfone groups is 1. The molecule has 0 aromatic heterocycles. The summed E-state index contributed by atoms with van der Waals surface area (Å²) < 4.78 is 22.3. The smallest absolute Gasteiger partial charge is 0.150 e. The molecule has 0 atom stereocenters. The van der Waals surface area contributed by atoms with Crippen LogP contribution in [-0.4, -0.2) is 26.5 Å². The highest BCUT2D eigenvalue weighted by atomic mass is 32.2. The quantitative estimate of drug-likeness (QED) is 0.665. The molecule has 1 saturated carbocycles. The van der Waals surface area contributed by atoms with Gasteiger partial charge in [0.05, 0.1) is 5.75 Å². The summed E-state index contributed by atoms with van der Waals surface area (Å²) in [5, 5.41) is 0. The van der Waals surface area contributed by atoms with Crippen LogP contribution in [0.15, 0.2) is 0 Å². The molecule has 0 spiro atoms. The van der Waals surface area contributed by atoms with Gasteiger partial charge in [0.25, 0.3) is 0 Å².